The van der Waals surface area contributed by atoms with Crippen molar-refractivity contribution in [1.29, 1.82) is 0 Å². The molecular weight excluding hydrogens is 192 g/mol. The number of hydrogen-bond acceptors (Lipinski definition) is 3. The van der Waals surface area contributed by atoms with E-state index < -0.39 is 0 Å². The van der Waals surface area contributed by atoms with Gasteiger partial charge in [0.15, 0.2) is 0 Å². The molecule has 4 nitrogen and oxygen atoms in total. The van der Waals surface area contributed by atoms with Crippen LogP contribution in [-0.2, 0) is 4.79 Å². The monoisotopic (exact) mass is 204 g/mol. The Morgan fingerprint density at radius 3 is 2.80 bits per heavy atom. The third-order valence-corrected chi connectivity index (χ3v) is 2.25. The molecule has 0 aliphatic carbocycles. The van der Waals surface area contributed by atoms with E-state index >= 15 is 0 Å². The topological polar surface area (TPSA) is 61.7 Å². The van der Waals surface area contributed by atoms with Crippen LogP contribution in [0.4, 0.5) is 0 Å². The summed E-state index contributed by atoms with van der Waals surface area (Å²) >= 11 is 0. The van der Waals surface area contributed by atoms with Crippen molar-refractivity contribution in [1.82, 2.24) is 5.32 Å². The highest BCUT2D eigenvalue weighted by molar-refractivity contribution is 6.09. The number of carbonyl (C=O) groups is 1. The Bertz CT molecular complexity index is 387. The number of carbonyl (C=O) groups excluding carboxylic acids is 1. The minimum atomic E-state index is -0.311. The molecule has 0 bridgehead atoms. The molecule has 2 N–H and O–H groups in total. The van der Waals surface area contributed by atoms with Gasteiger partial charge in [-0.3, -0.25) is 9.79 Å². The zero-order valence-corrected chi connectivity index (χ0v) is 8.18. The number of rotatable bonds is 2. The van der Waals surface area contributed by atoms with Crippen LogP contribution in [0.3, 0.4) is 0 Å². The summed E-state index contributed by atoms with van der Waals surface area (Å²) in [7, 11) is 0. The zero-order valence-electron chi connectivity index (χ0n) is 8.18. The van der Waals surface area contributed by atoms with Crippen molar-refractivity contribution < 1.29 is 9.90 Å². The van der Waals surface area contributed by atoms with E-state index in [0.717, 1.165) is 5.56 Å². The Hall–Kier alpha value is -1.68. The Labute approximate surface area is 87.7 Å². The van der Waals surface area contributed by atoms with Crippen LogP contribution >= 0.6 is 0 Å². The minimum Gasteiger partial charge on any atom is -0.394 e. The largest absolute Gasteiger partial charge is 0.394 e. The van der Waals surface area contributed by atoms with Crippen LogP contribution in [0.1, 0.15) is 12.0 Å². The fourth-order valence-corrected chi connectivity index (χ4v) is 1.51. The van der Waals surface area contributed by atoms with E-state index in [1.165, 1.54) is 0 Å². The van der Waals surface area contributed by atoms with E-state index in [9.17, 15) is 4.79 Å². The number of nitrogens with zero attached hydrogens (tertiary/aromatic N) is 1. The number of benzene rings is 1. The highest BCUT2D eigenvalue weighted by Gasteiger charge is 2.20. The van der Waals surface area contributed by atoms with Gasteiger partial charge in [0, 0.05) is 5.56 Å². The smallest absolute Gasteiger partial charge is 0.227 e. The number of amidine groups is 1. The first-order valence-electron chi connectivity index (χ1n) is 4.83. The summed E-state index contributed by atoms with van der Waals surface area (Å²) in [6.07, 6.45) is 0.257. The van der Waals surface area contributed by atoms with Crippen molar-refractivity contribution in [3.63, 3.8) is 0 Å². The van der Waals surface area contributed by atoms with Crippen LogP contribution in [-0.4, -0.2) is 29.5 Å². The first kappa shape index (κ1) is 9.86. The molecule has 0 radical (unpaired) electrons. The lowest BCUT2D eigenvalue weighted by molar-refractivity contribution is -0.120. The van der Waals surface area contributed by atoms with Gasteiger partial charge in [-0.1, -0.05) is 30.3 Å². The van der Waals surface area contributed by atoms with Gasteiger partial charge >= 0.3 is 0 Å². The highest BCUT2D eigenvalue weighted by atomic mass is 16.3. The Balaban J connectivity index is 2.29. The number of nitrogens with one attached hydrogen (secondary N) is 1. The lowest BCUT2D eigenvalue weighted by Gasteiger charge is -2.19. The summed E-state index contributed by atoms with van der Waals surface area (Å²) in [5.74, 6) is 0.453. The molecule has 0 saturated carbocycles. The number of hydrogen-bond donors (Lipinski definition) is 2. The van der Waals surface area contributed by atoms with Gasteiger partial charge in [0.05, 0.1) is 19.1 Å². The summed E-state index contributed by atoms with van der Waals surface area (Å²) in [5.41, 5.74) is 0.865. The second-order valence-corrected chi connectivity index (χ2v) is 3.43. The van der Waals surface area contributed by atoms with Crippen molar-refractivity contribution in [2.24, 2.45) is 4.99 Å². The second-order valence-electron chi connectivity index (χ2n) is 3.43. The van der Waals surface area contributed by atoms with Crippen molar-refractivity contribution in [2.75, 3.05) is 6.61 Å². The quantitative estimate of drug-likeness (QED) is 0.728. The standard InChI is InChI=1S/C11H12N2O2/c14-7-9-6-10(15)13-11(12-9)8-4-2-1-3-5-8/h1-5,9,14H,6-7H2,(H,12,13,15)/t9-/m1/s1. The van der Waals surface area contributed by atoms with Crippen LogP contribution < -0.4 is 5.32 Å². The SMILES string of the molecule is O=C1C[C@H](CO)N=C(c2ccccc2)N1. The molecule has 1 aromatic carbocycles. The maximum Gasteiger partial charge on any atom is 0.227 e. The number of aliphatic hydroxyl groups is 1. The van der Waals surface area contributed by atoms with Crippen molar-refractivity contribution >= 4 is 11.7 Å². The molecule has 1 amide bonds. The Morgan fingerprint density at radius 1 is 1.40 bits per heavy atom. The average Bonchev–Trinajstić information content (AvgIpc) is 2.29. The fourth-order valence-electron chi connectivity index (χ4n) is 1.51. The second kappa shape index (κ2) is 4.23. The molecule has 1 heterocycles. The van der Waals surface area contributed by atoms with Gasteiger partial charge in [0.1, 0.15) is 5.84 Å². The maximum absolute atomic E-state index is 11.3. The Kier molecular flexibility index (Phi) is 2.78. The summed E-state index contributed by atoms with van der Waals surface area (Å²) in [6.45, 7) is -0.0935. The fraction of sp³-hybridized carbons (Fsp3) is 0.273. The molecule has 1 aliphatic rings. The van der Waals surface area contributed by atoms with E-state index in [1.807, 2.05) is 30.3 Å². The molecule has 0 saturated heterocycles. The summed E-state index contributed by atoms with van der Waals surface area (Å²) < 4.78 is 0. The number of aliphatic imine (C=N–C) groups is 1. The first-order chi connectivity index (χ1) is 7.29. The van der Waals surface area contributed by atoms with Crippen LogP contribution in [0, 0.1) is 0 Å². The van der Waals surface area contributed by atoms with Gasteiger partial charge in [0.25, 0.3) is 0 Å². The lowest BCUT2D eigenvalue weighted by atomic mass is 10.1. The predicted octanol–water partition coefficient (Wildman–Crippen LogP) is 0.314. The molecule has 0 spiro atoms. The van der Waals surface area contributed by atoms with Crippen molar-refractivity contribution in [2.45, 2.75) is 12.5 Å². The summed E-state index contributed by atoms with van der Waals surface area (Å²) in [6, 6.07) is 9.10. The van der Waals surface area contributed by atoms with Gasteiger partial charge < -0.3 is 10.4 Å². The minimum absolute atomic E-state index is 0.0935. The molecule has 1 atom stereocenters. The van der Waals surface area contributed by atoms with Gasteiger partial charge in [-0.25, -0.2) is 0 Å². The van der Waals surface area contributed by atoms with Crippen LogP contribution in [0.15, 0.2) is 35.3 Å². The van der Waals surface area contributed by atoms with E-state index in [4.69, 9.17) is 5.11 Å². The molecule has 1 aliphatic heterocycles. The zero-order chi connectivity index (χ0) is 10.7. The van der Waals surface area contributed by atoms with E-state index in [1.54, 1.807) is 0 Å². The van der Waals surface area contributed by atoms with Crippen LogP contribution in [0.2, 0.25) is 0 Å². The van der Waals surface area contributed by atoms with Crippen LogP contribution in [0.25, 0.3) is 0 Å². The molecule has 0 fully saturated rings. The molecular formula is C11H12N2O2. The maximum atomic E-state index is 11.3. The lowest BCUT2D eigenvalue weighted by Crippen LogP contribution is -2.40. The predicted molar refractivity (Wildman–Crippen MR) is 56.6 cm³/mol. The van der Waals surface area contributed by atoms with Crippen molar-refractivity contribution in [3.8, 4) is 0 Å². The van der Waals surface area contributed by atoms with Gasteiger partial charge in [-0.15, -0.1) is 0 Å². The van der Waals surface area contributed by atoms with E-state index in [2.05, 4.69) is 10.3 Å². The number of amides is 1. The molecule has 78 valence electrons. The number of aliphatic hydroxyl groups excluding tert-OH is 1. The summed E-state index contributed by atoms with van der Waals surface area (Å²) in [5, 5.41) is 11.7. The highest BCUT2D eigenvalue weighted by Crippen LogP contribution is 2.08. The molecule has 1 aromatic rings. The summed E-state index contributed by atoms with van der Waals surface area (Å²) in [4.78, 5) is 15.6. The normalized spacial score (nSPS) is 20.7. The van der Waals surface area contributed by atoms with Crippen molar-refractivity contribution in [3.05, 3.63) is 35.9 Å². The molecule has 0 unspecified atom stereocenters. The Morgan fingerprint density at radius 2 is 2.13 bits per heavy atom. The van der Waals surface area contributed by atoms with E-state index in [-0.39, 0.29) is 25.0 Å². The first-order valence-corrected chi connectivity index (χ1v) is 4.83. The average molecular weight is 204 g/mol. The van der Waals surface area contributed by atoms with Gasteiger partial charge in [-0.2, -0.15) is 0 Å². The molecule has 4 heteroatoms. The van der Waals surface area contributed by atoms with Gasteiger partial charge in [-0.05, 0) is 0 Å². The molecule has 0 aromatic heterocycles. The third kappa shape index (κ3) is 2.22. The van der Waals surface area contributed by atoms with E-state index in [0.29, 0.717) is 5.84 Å². The van der Waals surface area contributed by atoms with Gasteiger partial charge in [0.2, 0.25) is 5.91 Å². The van der Waals surface area contributed by atoms with Crippen LogP contribution in [0.5, 0.6) is 0 Å². The molecule has 15 heavy (non-hydrogen) atoms. The molecule has 2 rings (SSSR count). The third-order valence-electron chi connectivity index (χ3n) is 2.25.